The van der Waals surface area contributed by atoms with E-state index in [1.165, 1.54) is 11.3 Å². The third kappa shape index (κ3) is 6.18. The summed E-state index contributed by atoms with van der Waals surface area (Å²) >= 11 is 1.36. The Hall–Kier alpha value is -4.23. The lowest BCUT2D eigenvalue weighted by Gasteiger charge is -2.09. The second-order valence-corrected chi connectivity index (χ2v) is 9.02. The van der Waals surface area contributed by atoms with Crippen molar-refractivity contribution in [3.05, 3.63) is 54.2 Å². The molecule has 3 heterocycles. The Balaban J connectivity index is 0.00000164. The molecular formula is C28H31N5O4S. The zero-order chi connectivity index (χ0) is 26.9. The van der Waals surface area contributed by atoms with E-state index < -0.39 is 0 Å². The molecule has 2 aromatic carbocycles. The molecule has 0 bridgehead atoms. The first-order valence-electron chi connectivity index (χ1n) is 12.6. The summed E-state index contributed by atoms with van der Waals surface area (Å²) in [6.07, 6.45) is 4.77. The predicted molar refractivity (Wildman–Crippen MR) is 150 cm³/mol. The van der Waals surface area contributed by atoms with E-state index in [9.17, 15) is 0 Å². The van der Waals surface area contributed by atoms with E-state index in [0.29, 0.717) is 40.2 Å². The van der Waals surface area contributed by atoms with E-state index in [2.05, 4.69) is 21.5 Å². The number of aromatic nitrogens is 3. The molecule has 0 amide bonds. The van der Waals surface area contributed by atoms with Gasteiger partial charge in [0.1, 0.15) is 22.8 Å². The number of unbranched alkanes of at least 4 members (excludes halogenated alkanes) is 2. The van der Waals surface area contributed by atoms with E-state index >= 15 is 0 Å². The van der Waals surface area contributed by atoms with Gasteiger partial charge in [-0.05, 0) is 60.9 Å². The number of rotatable bonds is 11. The van der Waals surface area contributed by atoms with Gasteiger partial charge < -0.3 is 23.9 Å². The fraction of sp³-hybridized carbons (Fsp3) is 0.321. The zero-order valence-electron chi connectivity index (χ0n) is 22.0. The van der Waals surface area contributed by atoms with Crippen LogP contribution in [-0.4, -0.2) is 42.0 Å². The topological polar surface area (TPSA) is 107 Å². The van der Waals surface area contributed by atoms with Crippen LogP contribution in [-0.2, 0) is 0 Å². The van der Waals surface area contributed by atoms with Crippen LogP contribution in [0.4, 0.5) is 5.69 Å². The molecule has 3 aromatic heterocycles. The Kier molecular flexibility index (Phi) is 9.06. The normalized spacial score (nSPS) is 10.6. The number of nitrogens with zero attached hydrogens (tertiary/aromatic N) is 4. The third-order valence-corrected chi connectivity index (χ3v) is 6.57. The highest BCUT2D eigenvalue weighted by Gasteiger charge is 2.17. The van der Waals surface area contributed by atoms with Crippen molar-refractivity contribution in [1.82, 2.24) is 14.6 Å². The molecule has 0 saturated heterocycles. The number of hydrogen-bond acceptors (Lipinski definition) is 9. The van der Waals surface area contributed by atoms with Crippen LogP contribution < -0.4 is 19.5 Å². The van der Waals surface area contributed by atoms with E-state index in [1.807, 2.05) is 62.5 Å². The fourth-order valence-corrected chi connectivity index (χ4v) is 4.51. The maximum absolute atomic E-state index is 8.88. The van der Waals surface area contributed by atoms with Gasteiger partial charge in [-0.1, -0.05) is 13.8 Å². The first-order valence-corrected chi connectivity index (χ1v) is 13.4. The molecule has 0 saturated carbocycles. The molecule has 0 aliphatic rings. The molecule has 0 radical (unpaired) electrons. The lowest BCUT2D eigenvalue weighted by atomic mass is 10.2. The lowest BCUT2D eigenvalue weighted by Crippen LogP contribution is -2.03. The van der Waals surface area contributed by atoms with Crippen molar-refractivity contribution in [3.63, 3.8) is 0 Å². The van der Waals surface area contributed by atoms with Gasteiger partial charge in [0.15, 0.2) is 5.76 Å². The van der Waals surface area contributed by atoms with E-state index in [1.54, 1.807) is 18.7 Å². The van der Waals surface area contributed by atoms with E-state index in [-0.39, 0.29) is 0 Å². The first-order chi connectivity index (χ1) is 18.7. The molecular weight excluding hydrogens is 502 g/mol. The number of benzene rings is 2. The molecule has 9 nitrogen and oxygen atoms in total. The van der Waals surface area contributed by atoms with Crippen molar-refractivity contribution < 1.29 is 18.6 Å². The summed E-state index contributed by atoms with van der Waals surface area (Å²) in [6, 6.07) is 15.3. The van der Waals surface area contributed by atoms with Gasteiger partial charge >= 0.3 is 0 Å². The van der Waals surface area contributed by atoms with Gasteiger partial charge in [0.2, 0.25) is 4.96 Å². The standard InChI is InChI=1S/C26H25N5O4S.C2H6/c1-32-19-12-22(34-11-5-3-4-10-28-18-8-6-17(15-27)7-9-18)20-14-24(35-23(20)13-19)21-16-31-25(29-21)36-26(30-31)33-2;1-2/h6-9,12-14,16,28H,3-5,10-11H2,1-2H3;1-2H3. The van der Waals surface area contributed by atoms with Crippen LogP contribution in [0.1, 0.15) is 38.7 Å². The number of hydrogen-bond donors (Lipinski definition) is 1. The molecule has 0 fully saturated rings. The second kappa shape index (κ2) is 12.8. The monoisotopic (exact) mass is 533 g/mol. The van der Waals surface area contributed by atoms with Gasteiger partial charge in [-0.15, -0.1) is 5.10 Å². The molecule has 198 valence electrons. The Morgan fingerprint density at radius 2 is 1.87 bits per heavy atom. The van der Waals surface area contributed by atoms with Crippen molar-refractivity contribution in [2.24, 2.45) is 0 Å². The maximum atomic E-state index is 8.88. The minimum atomic E-state index is 0.555. The summed E-state index contributed by atoms with van der Waals surface area (Å²) in [7, 11) is 3.21. The third-order valence-electron chi connectivity index (χ3n) is 5.68. The summed E-state index contributed by atoms with van der Waals surface area (Å²) < 4.78 is 24.5. The van der Waals surface area contributed by atoms with Crippen molar-refractivity contribution in [1.29, 1.82) is 5.26 Å². The van der Waals surface area contributed by atoms with E-state index in [4.69, 9.17) is 23.9 Å². The molecule has 0 unspecified atom stereocenters. The highest BCUT2D eigenvalue weighted by atomic mass is 32.1. The summed E-state index contributed by atoms with van der Waals surface area (Å²) in [5.74, 6) is 2.02. The average molecular weight is 534 g/mol. The quantitative estimate of drug-likeness (QED) is 0.185. The van der Waals surface area contributed by atoms with Crippen molar-refractivity contribution >= 4 is 33.0 Å². The summed E-state index contributed by atoms with van der Waals surface area (Å²) in [4.78, 5) is 5.33. The molecule has 5 aromatic rings. The largest absolute Gasteiger partial charge is 0.496 e. The molecule has 0 aliphatic carbocycles. The average Bonchev–Trinajstić information content (AvgIpc) is 3.67. The van der Waals surface area contributed by atoms with Crippen molar-refractivity contribution in [2.75, 3.05) is 32.7 Å². The second-order valence-electron chi connectivity index (χ2n) is 8.10. The SMILES string of the molecule is CC.COc1cc(OCCCCCNc2ccc(C#N)cc2)c2cc(-c3cn4nc(OC)sc4n3)oc2c1. The van der Waals surface area contributed by atoms with Gasteiger partial charge in [0.05, 0.1) is 44.0 Å². The molecule has 10 heteroatoms. The molecule has 0 spiro atoms. The lowest BCUT2D eigenvalue weighted by molar-refractivity contribution is 0.307. The zero-order valence-corrected chi connectivity index (χ0v) is 22.8. The Morgan fingerprint density at radius 1 is 1.05 bits per heavy atom. The maximum Gasteiger partial charge on any atom is 0.294 e. The van der Waals surface area contributed by atoms with Crippen LogP contribution in [0.25, 0.3) is 27.4 Å². The molecule has 0 aliphatic heterocycles. The number of furan rings is 1. The van der Waals surface area contributed by atoms with Gasteiger partial charge in [0, 0.05) is 24.4 Å². The predicted octanol–water partition coefficient (Wildman–Crippen LogP) is 6.78. The van der Waals surface area contributed by atoms with Crippen LogP contribution in [0.2, 0.25) is 0 Å². The minimum Gasteiger partial charge on any atom is -0.496 e. The smallest absolute Gasteiger partial charge is 0.294 e. The Morgan fingerprint density at radius 3 is 2.58 bits per heavy atom. The Bertz CT molecular complexity index is 1480. The number of nitriles is 1. The van der Waals surface area contributed by atoms with E-state index in [0.717, 1.165) is 47.6 Å². The number of imidazole rings is 1. The van der Waals surface area contributed by atoms with Gasteiger partial charge in [-0.3, -0.25) is 0 Å². The van der Waals surface area contributed by atoms with Crippen molar-refractivity contribution in [3.8, 4) is 34.2 Å². The Labute approximate surface area is 225 Å². The van der Waals surface area contributed by atoms with Crippen LogP contribution >= 0.6 is 11.3 Å². The van der Waals surface area contributed by atoms with Crippen LogP contribution in [0.3, 0.4) is 0 Å². The van der Waals surface area contributed by atoms with Gasteiger partial charge in [-0.25, -0.2) is 9.50 Å². The highest BCUT2D eigenvalue weighted by Crippen LogP contribution is 2.37. The number of nitrogens with one attached hydrogen (secondary N) is 1. The van der Waals surface area contributed by atoms with Gasteiger partial charge in [0.25, 0.3) is 5.19 Å². The summed E-state index contributed by atoms with van der Waals surface area (Å²) in [5.41, 5.74) is 3.05. The van der Waals surface area contributed by atoms with Crippen LogP contribution in [0.15, 0.2) is 53.1 Å². The number of ether oxygens (including phenoxy) is 3. The fourth-order valence-electron chi connectivity index (χ4n) is 3.81. The first kappa shape index (κ1) is 26.8. The van der Waals surface area contributed by atoms with Gasteiger partial charge in [-0.2, -0.15) is 5.26 Å². The highest BCUT2D eigenvalue weighted by molar-refractivity contribution is 7.18. The molecule has 5 rings (SSSR count). The van der Waals surface area contributed by atoms with Crippen LogP contribution in [0.5, 0.6) is 16.7 Å². The number of anilines is 1. The van der Waals surface area contributed by atoms with Crippen molar-refractivity contribution in [2.45, 2.75) is 33.1 Å². The molecule has 1 N–H and O–H groups in total. The number of methoxy groups -OCH3 is 2. The minimum absolute atomic E-state index is 0.555. The summed E-state index contributed by atoms with van der Waals surface area (Å²) in [6.45, 7) is 5.45. The number of fused-ring (bicyclic) bond motifs is 2. The molecule has 0 atom stereocenters. The molecule has 38 heavy (non-hydrogen) atoms. The van der Waals surface area contributed by atoms with Crippen LogP contribution in [0, 0.1) is 11.3 Å². The summed E-state index contributed by atoms with van der Waals surface area (Å²) in [5, 5.41) is 18.0.